The van der Waals surface area contributed by atoms with E-state index in [2.05, 4.69) is 0 Å². The molecule has 1 heterocycles. The highest BCUT2D eigenvalue weighted by atomic mass is 35.5. The molecule has 0 bridgehead atoms. The van der Waals surface area contributed by atoms with Crippen molar-refractivity contribution in [3.8, 4) is 0 Å². The van der Waals surface area contributed by atoms with E-state index in [1.54, 1.807) is 17.0 Å². The van der Waals surface area contributed by atoms with Crippen LogP contribution in [0.15, 0.2) is 18.2 Å². The van der Waals surface area contributed by atoms with Crippen LogP contribution >= 0.6 is 11.6 Å². The summed E-state index contributed by atoms with van der Waals surface area (Å²) >= 11 is 6.36. The van der Waals surface area contributed by atoms with Gasteiger partial charge in [0.15, 0.2) is 0 Å². The SMILES string of the molecule is CN(C(=O)c1ccc(B2OC(C)(C)C(C)(C)O2)cc1Cl)C1CC1. The van der Waals surface area contributed by atoms with Gasteiger partial charge in [0, 0.05) is 13.1 Å². The maximum Gasteiger partial charge on any atom is 0.494 e. The van der Waals surface area contributed by atoms with Crippen LogP contribution in [0.5, 0.6) is 0 Å². The standard InChI is InChI=1S/C17H23BClNO3/c1-16(2)17(3,4)23-18(22-16)11-6-9-13(14(19)10-11)15(21)20(5)12-7-8-12/h6,9-10,12H,7-8H2,1-5H3. The van der Waals surface area contributed by atoms with Crippen molar-refractivity contribution in [1.82, 2.24) is 4.90 Å². The molecule has 1 aliphatic heterocycles. The Morgan fingerprint density at radius 2 is 1.78 bits per heavy atom. The van der Waals surface area contributed by atoms with E-state index in [-0.39, 0.29) is 5.91 Å². The second-order valence-corrected chi connectivity index (χ2v) is 7.88. The van der Waals surface area contributed by atoms with Crippen LogP contribution in [0.3, 0.4) is 0 Å². The zero-order chi connectivity index (χ0) is 17.0. The fourth-order valence-electron chi connectivity index (χ4n) is 2.65. The summed E-state index contributed by atoms with van der Waals surface area (Å²) in [5.41, 5.74) is 0.566. The summed E-state index contributed by atoms with van der Waals surface area (Å²) in [4.78, 5) is 14.2. The van der Waals surface area contributed by atoms with Gasteiger partial charge in [0.05, 0.1) is 21.8 Å². The summed E-state index contributed by atoms with van der Waals surface area (Å²) in [6, 6.07) is 5.77. The first-order valence-electron chi connectivity index (χ1n) is 8.04. The molecule has 1 amide bonds. The second kappa shape index (κ2) is 5.50. The van der Waals surface area contributed by atoms with E-state index in [0.717, 1.165) is 18.3 Å². The lowest BCUT2D eigenvalue weighted by molar-refractivity contribution is 0.00578. The maximum absolute atomic E-state index is 12.5. The number of hydrogen-bond donors (Lipinski definition) is 0. The van der Waals surface area contributed by atoms with Crippen LogP contribution in [0, 0.1) is 0 Å². The predicted molar refractivity (Wildman–Crippen MR) is 92.3 cm³/mol. The number of hydrogen-bond acceptors (Lipinski definition) is 3. The highest BCUT2D eigenvalue weighted by Gasteiger charge is 2.51. The zero-order valence-electron chi connectivity index (χ0n) is 14.4. The van der Waals surface area contributed by atoms with Gasteiger partial charge in [-0.15, -0.1) is 0 Å². The Kier molecular flexibility index (Phi) is 4.02. The minimum Gasteiger partial charge on any atom is -0.399 e. The van der Waals surface area contributed by atoms with Gasteiger partial charge in [0.1, 0.15) is 0 Å². The summed E-state index contributed by atoms with van der Waals surface area (Å²) in [6.07, 6.45) is 2.15. The highest BCUT2D eigenvalue weighted by molar-refractivity contribution is 6.62. The molecule has 4 nitrogen and oxygen atoms in total. The maximum atomic E-state index is 12.5. The van der Waals surface area contributed by atoms with Gasteiger partial charge < -0.3 is 14.2 Å². The van der Waals surface area contributed by atoms with Crippen molar-refractivity contribution in [2.75, 3.05) is 7.05 Å². The van der Waals surface area contributed by atoms with Crippen molar-refractivity contribution >= 4 is 30.1 Å². The minimum absolute atomic E-state index is 0.0297. The van der Waals surface area contributed by atoms with Gasteiger partial charge in [-0.1, -0.05) is 17.7 Å². The molecule has 0 radical (unpaired) electrons. The second-order valence-electron chi connectivity index (χ2n) is 7.47. The molecule has 0 aromatic heterocycles. The largest absolute Gasteiger partial charge is 0.494 e. The topological polar surface area (TPSA) is 38.8 Å². The molecule has 0 unspecified atom stereocenters. The molecule has 1 saturated carbocycles. The van der Waals surface area contributed by atoms with Crippen molar-refractivity contribution in [2.45, 2.75) is 57.8 Å². The van der Waals surface area contributed by atoms with Crippen molar-refractivity contribution < 1.29 is 14.1 Å². The molecule has 0 N–H and O–H groups in total. The number of benzene rings is 1. The molecule has 3 rings (SSSR count). The first-order valence-corrected chi connectivity index (χ1v) is 8.42. The summed E-state index contributed by atoms with van der Waals surface area (Å²) in [5, 5.41) is 0.440. The fraction of sp³-hybridized carbons (Fsp3) is 0.588. The first kappa shape index (κ1) is 16.8. The molecular formula is C17H23BClNO3. The molecule has 23 heavy (non-hydrogen) atoms. The Morgan fingerprint density at radius 1 is 1.22 bits per heavy atom. The monoisotopic (exact) mass is 335 g/mol. The molecule has 0 atom stereocenters. The van der Waals surface area contributed by atoms with Gasteiger partial charge in [0.25, 0.3) is 5.91 Å². The number of carbonyl (C=O) groups excluding carboxylic acids is 1. The van der Waals surface area contributed by atoms with Crippen LogP contribution in [0.2, 0.25) is 5.02 Å². The number of halogens is 1. The molecule has 2 fully saturated rings. The van der Waals surface area contributed by atoms with Crippen LogP contribution < -0.4 is 5.46 Å². The third-order valence-electron chi connectivity index (χ3n) is 5.16. The minimum atomic E-state index is -0.470. The Bertz CT molecular complexity index is 627. The Hall–Kier alpha value is -1.04. The van der Waals surface area contributed by atoms with Crippen molar-refractivity contribution in [3.63, 3.8) is 0 Å². The third-order valence-corrected chi connectivity index (χ3v) is 5.48. The summed E-state index contributed by atoms with van der Waals surface area (Å²) in [5.74, 6) is -0.0297. The number of amides is 1. The van der Waals surface area contributed by atoms with Crippen LogP contribution in [0.1, 0.15) is 50.9 Å². The summed E-state index contributed by atoms with van der Waals surface area (Å²) in [6.45, 7) is 8.04. The smallest absolute Gasteiger partial charge is 0.399 e. The average Bonchev–Trinajstić information content (AvgIpc) is 3.25. The van der Waals surface area contributed by atoms with Gasteiger partial charge in [-0.25, -0.2) is 0 Å². The predicted octanol–water partition coefficient (Wildman–Crippen LogP) is 2.87. The van der Waals surface area contributed by atoms with Crippen LogP contribution in [0.25, 0.3) is 0 Å². The normalized spacial score (nSPS) is 22.3. The lowest BCUT2D eigenvalue weighted by Crippen LogP contribution is -2.41. The first-order chi connectivity index (χ1) is 10.6. The number of nitrogens with zero attached hydrogens (tertiary/aromatic N) is 1. The quantitative estimate of drug-likeness (QED) is 0.797. The van der Waals surface area contributed by atoms with Gasteiger partial charge in [-0.3, -0.25) is 4.79 Å². The molecule has 124 valence electrons. The van der Waals surface area contributed by atoms with Gasteiger partial charge in [-0.05, 0) is 58.1 Å². The molecule has 1 aliphatic carbocycles. The van der Waals surface area contributed by atoms with Crippen LogP contribution in [0.4, 0.5) is 0 Å². The highest BCUT2D eigenvalue weighted by Crippen LogP contribution is 2.36. The molecule has 0 spiro atoms. The number of carbonyl (C=O) groups is 1. The van der Waals surface area contributed by atoms with Gasteiger partial charge in [0.2, 0.25) is 0 Å². The van der Waals surface area contributed by atoms with E-state index < -0.39 is 18.3 Å². The summed E-state index contributed by atoms with van der Waals surface area (Å²) in [7, 11) is 1.36. The van der Waals surface area contributed by atoms with Crippen molar-refractivity contribution in [2.24, 2.45) is 0 Å². The molecule has 1 aromatic rings. The van der Waals surface area contributed by atoms with Gasteiger partial charge >= 0.3 is 7.12 Å². The molecule has 1 saturated heterocycles. The Labute approximate surface area is 143 Å². The average molecular weight is 336 g/mol. The van der Waals surface area contributed by atoms with E-state index in [1.165, 1.54) is 0 Å². The fourth-order valence-corrected chi connectivity index (χ4v) is 2.92. The van der Waals surface area contributed by atoms with Crippen molar-refractivity contribution in [1.29, 1.82) is 0 Å². The lowest BCUT2D eigenvalue weighted by Gasteiger charge is -2.32. The van der Waals surface area contributed by atoms with Crippen molar-refractivity contribution in [3.05, 3.63) is 28.8 Å². The summed E-state index contributed by atoms with van der Waals surface area (Å²) < 4.78 is 12.0. The molecule has 1 aromatic carbocycles. The molecular weight excluding hydrogens is 312 g/mol. The van der Waals surface area contributed by atoms with Crippen LogP contribution in [-0.4, -0.2) is 42.2 Å². The Balaban J connectivity index is 1.81. The third kappa shape index (κ3) is 3.02. The van der Waals surface area contributed by atoms with E-state index in [0.29, 0.717) is 16.6 Å². The lowest BCUT2D eigenvalue weighted by atomic mass is 9.79. The van der Waals surface area contributed by atoms with Crippen LogP contribution in [-0.2, 0) is 9.31 Å². The van der Waals surface area contributed by atoms with E-state index in [9.17, 15) is 4.79 Å². The van der Waals surface area contributed by atoms with Gasteiger partial charge in [-0.2, -0.15) is 0 Å². The molecule has 6 heteroatoms. The van der Waals surface area contributed by atoms with E-state index in [4.69, 9.17) is 20.9 Å². The van der Waals surface area contributed by atoms with E-state index in [1.807, 2.05) is 40.8 Å². The van der Waals surface area contributed by atoms with E-state index >= 15 is 0 Å². The zero-order valence-corrected chi connectivity index (χ0v) is 15.1. The Morgan fingerprint density at radius 3 is 2.26 bits per heavy atom. The number of rotatable bonds is 3. The molecule has 2 aliphatic rings.